The van der Waals surface area contributed by atoms with Crippen LogP contribution in [0.3, 0.4) is 0 Å². The number of rotatable bonds is 7. The predicted octanol–water partition coefficient (Wildman–Crippen LogP) is 2.43. The molecule has 0 aromatic heterocycles. The van der Waals surface area contributed by atoms with E-state index in [2.05, 4.69) is 10.8 Å². The van der Waals surface area contributed by atoms with Gasteiger partial charge < -0.3 is 9.47 Å². The molecule has 1 aliphatic heterocycles. The zero-order chi connectivity index (χ0) is 16.0. The molecule has 5 nitrogen and oxygen atoms in total. The lowest BCUT2D eigenvalue weighted by Gasteiger charge is -2.22. The number of ether oxygens (including phenoxy) is 2. The van der Waals surface area contributed by atoms with Crippen LogP contribution in [0, 0.1) is 18.3 Å². The number of aryl methyl sites for hydroxylation is 1. The molecule has 0 amide bonds. The molecule has 22 heavy (non-hydrogen) atoms. The first-order valence-corrected chi connectivity index (χ1v) is 8.59. The van der Waals surface area contributed by atoms with Gasteiger partial charge in [0, 0.05) is 6.42 Å². The van der Waals surface area contributed by atoms with Crippen LogP contribution in [0.4, 0.5) is 0 Å². The lowest BCUT2D eigenvalue weighted by molar-refractivity contribution is -0.147. The minimum atomic E-state index is -1.37. The maximum atomic E-state index is 12.2. The van der Waals surface area contributed by atoms with Crippen LogP contribution in [0.2, 0.25) is 0 Å². The summed E-state index contributed by atoms with van der Waals surface area (Å²) in [4.78, 5) is 0.681. The summed E-state index contributed by atoms with van der Waals surface area (Å²) < 4.78 is 26.1. The van der Waals surface area contributed by atoms with Gasteiger partial charge in [0.2, 0.25) is 0 Å². The van der Waals surface area contributed by atoms with Gasteiger partial charge in [-0.3, -0.25) is 0 Å². The van der Waals surface area contributed by atoms with Crippen molar-refractivity contribution in [3.05, 3.63) is 29.8 Å². The summed E-state index contributed by atoms with van der Waals surface area (Å²) in [5, 5.41) is 9.21. The molecule has 1 aliphatic rings. The largest absolute Gasteiger partial charge is 0.348 e. The Morgan fingerprint density at radius 2 is 2.00 bits per heavy atom. The first-order valence-electron chi connectivity index (χ1n) is 7.44. The highest BCUT2D eigenvalue weighted by Gasteiger charge is 2.30. The van der Waals surface area contributed by atoms with Gasteiger partial charge in [-0.25, -0.2) is 8.93 Å². The standard InChI is InChI=1S/C16H22N2O3S/c1-13-5-7-15(8-6-13)22(19)18-14(12-17)4-3-9-16(2)20-10-11-21-16/h5-8,14,18H,3-4,9-11H2,1-2H3/t14-,22-/m0/s1. The molecule has 1 heterocycles. The summed E-state index contributed by atoms with van der Waals surface area (Å²) in [6.07, 6.45) is 2.10. The number of nitriles is 1. The lowest BCUT2D eigenvalue weighted by atomic mass is 10.1. The van der Waals surface area contributed by atoms with Crippen molar-refractivity contribution in [1.82, 2.24) is 4.72 Å². The minimum absolute atomic E-state index is 0.452. The SMILES string of the molecule is Cc1ccc([S@](=O)N[C@H](C#N)CCCC2(C)OCCO2)cc1. The van der Waals surface area contributed by atoms with E-state index in [0.29, 0.717) is 24.5 Å². The molecular formula is C16H22N2O3S. The maximum Gasteiger partial charge on any atom is 0.165 e. The second-order valence-electron chi connectivity index (χ2n) is 5.60. The molecule has 1 aromatic carbocycles. The van der Waals surface area contributed by atoms with Crippen LogP contribution in [0.5, 0.6) is 0 Å². The van der Waals surface area contributed by atoms with Crippen LogP contribution in [0.1, 0.15) is 31.7 Å². The molecule has 1 fully saturated rings. The van der Waals surface area contributed by atoms with E-state index in [-0.39, 0.29) is 0 Å². The summed E-state index contributed by atoms with van der Waals surface area (Å²) in [6, 6.07) is 9.16. The highest BCUT2D eigenvalue weighted by atomic mass is 32.2. The van der Waals surface area contributed by atoms with Crippen LogP contribution in [-0.4, -0.2) is 29.3 Å². The normalized spacial score (nSPS) is 19.5. The van der Waals surface area contributed by atoms with Gasteiger partial charge in [-0.1, -0.05) is 17.7 Å². The number of nitrogens with one attached hydrogen (secondary N) is 1. The maximum absolute atomic E-state index is 12.2. The van der Waals surface area contributed by atoms with Crippen molar-refractivity contribution >= 4 is 11.0 Å². The number of nitrogens with zero attached hydrogens (tertiary/aromatic N) is 1. The zero-order valence-electron chi connectivity index (χ0n) is 13.0. The van der Waals surface area contributed by atoms with Crippen LogP contribution in [0.25, 0.3) is 0 Å². The molecule has 120 valence electrons. The first-order chi connectivity index (χ1) is 10.5. The molecule has 2 rings (SSSR count). The molecule has 1 N–H and O–H groups in total. The molecule has 0 aliphatic carbocycles. The van der Waals surface area contributed by atoms with E-state index >= 15 is 0 Å². The van der Waals surface area contributed by atoms with Crippen molar-refractivity contribution in [3.63, 3.8) is 0 Å². The lowest BCUT2D eigenvalue weighted by Crippen LogP contribution is -2.31. The average Bonchev–Trinajstić information content (AvgIpc) is 2.93. The van der Waals surface area contributed by atoms with E-state index in [9.17, 15) is 9.47 Å². The van der Waals surface area contributed by atoms with E-state index in [0.717, 1.165) is 18.4 Å². The summed E-state index contributed by atoms with van der Waals surface area (Å²) in [7, 11) is -1.37. The Morgan fingerprint density at radius 1 is 1.36 bits per heavy atom. The van der Waals surface area contributed by atoms with Crippen molar-refractivity contribution in [2.45, 2.75) is 49.8 Å². The van der Waals surface area contributed by atoms with Crippen molar-refractivity contribution in [3.8, 4) is 6.07 Å². The predicted molar refractivity (Wildman–Crippen MR) is 84.3 cm³/mol. The second kappa shape index (κ2) is 7.84. The molecule has 0 saturated carbocycles. The van der Waals surface area contributed by atoms with Crippen molar-refractivity contribution < 1.29 is 13.7 Å². The molecule has 6 heteroatoms. The molecule has 1 saturated heterocycles. The highest BCUT2D eigenvalue weighted by Crippen LogP contribution is 2.25. The van der Waals surface area contributed by atoms with Crippen LogP contribution >= 0.6 is 0 Å². The molecule has 0 radical (unpaired) electrons. The summed E-state index contributed by atoms with van der Waals surface area (Å²) >= 11 is 0. The van der Waals surface area contributed by atoms with Crippen molar-refractivity contribution in [2.24, 2.45) is 0 Å². The fourth-order valence-electron chi connectivity index (χ4n) is 2.34. The third kappa shape index (κ3) is 4.89. The smallest absolute Gasteiger partial charge is 0.165 e. The van der Waals surface area contributed by atoms with E-state index in [4.69, 9.17) is 9.47 Å². The Bertz CT molecular complexity index is 548. The Morgan fingerprint density at radius 3 is 2.59 bits per heavy atom. The van der Waals surface area contributed by atoms with E-state index in [1.807, 2.05) is 38.1 Å². The summed E-state index contributed by atoms with van der Waals surface area (Å²) in [6.45, 7) is 5.13. The highest BCUT2D eigenvalue weighted by molar-refractivity contribution is 7.83. The molecule has 1 aromatic rings. The molecule has 2 atom stereocenters. The molecule has 0 bridgehead atoms. The summed E-state index contributed by atoms with van der Waals surface area (Å²) in [5.41, 5.74) is 1.11. The number of hydrogen-bond donors (Lipinski definition) is 1. The minimum Gasteiger partial charge on any atom is -0.348 e. The Balaban J connectivity index is 1.80. The monoisotopic (exact) mass is 322 g/mol. The van der Waals surface area contributed by atoms with Gasteiger partial charge in [-0.15, -0.1) is 0 Å². The van der Waals surface area contributed by atoms with Crippen LogP contribution in [0.15, 0.2) is 29.2 Å². The van der Waals surface area contributed by atoms with Gasteiger partial charge in [-0.2, -0.15) is 5.26 Å². The van der Waals surface area contributed by atoms with Gasteiger partial charge in [0.25, 0.3) is 0 Å². The Hall–Kier alpha value is -1.26. The zero-order valence-corrected chi connectivity index (χ0v) is 13.8. The Kier molecular flexibility index (Phi) is 6.09. The number of benzene rings is 1. The Labute approximate surface area is 134 Å². The van der Waals surface area contributed by atoms with Crippen molar-refractivity contribution in [1.29, 1.82) is 5.26 Å². The fourth-order valence-corrected chi connectivity index (χ4v) is 3.29. The van der Waals surface area contributed by atoms with Crippen LogP contribution in [-0.2, 0) is 20.5 Å². The van der Waals surface area contributed by atoms with Gasteiger partial charge in [0.1, 0.15) is 17.0 Å². The van der Waals surface area contributed by atoms with Gasteiger partial charge in [0.15, 0.2) is 5.79 Å². The quantitative estimate of drug-likeness (QED) is 0.837. The summed E-state index contributed by atoms with van der Waals surface area (Å²) in [5.74, 6) is -0.532. The van der Waals surface area contributed by atoms with E-state index in [1.54, 1.807) is 0 Å². The first kappa shape index (κ1) is 17.1. The molecule has 0 unspecified atom stereocenters. The van der Waals surface area contributed by atoms with Crippen LogP contribution < -0.4 is 4.72 Å². The fraction of sp³-hybridized carbons (Fsp3) is 0.562. The molecular weight excluding hydrogens is 300 g/mol. The van der Waals surface area contributed by atoms with Gasteiger partial charge in [0.05, 0.1) is 24.2 Å². The second-order valence-corrected chi connectivity index (χ2v) is 6.85. The van der Waals surface area contributed by atoms with Gasteiger partial charge in [-0.05, 0) is 38.8 Å². The van der Waals surface area contributed by atoms with Crippen molar-refractivity contribution in [2.75, 3.05) is 13.2 Å². The third-order valence-corrected chi connectivity index (χ3v) is 4.86. The topological polar surface area (TPSA) is 71.4 Å². The number of hydrogen-bond acceptors (Lipinski definition) is 4. The van der Waals surface area contributed by atoms with E-state index < -0.39 is 22.8 Å². The van der Waals surface area contributed by atoms with Gasteiger partial charge >= 0.3 is 0 Å². The third-order valence-electron chi connectivity index (χ3n) is 3.66. The van der Waals surface area contributed by atoms with E-state index in [1.165, 1.54) is 0 Å². The average molecular weight is 322 g/mol. The molecule has 0 spiro atoms.